The molecule has 1 aromatic heterocycles. The zero-order chi connectivity index (χ0) is 28.5. The average Bonchev–Trinajstić information content (AvgIpc) is 3.10. The largest absolute Gasteiger partial charge is 0.480 e. The highest BCUT2D eigenvalue weighted by Crippen LogP contribution is 2.24. The quantitative estimate of drug-likeness (QED) is 0.396. The molecule has 3 amide bonds. The van der Waals surface area contributed by atoms with E-state index in [2.05, 4.69) is 10.2 Å². The monoisotopic (exact) mass is 543 g/mol. The van der Waals surface area contributed by atoms with Gasteiger partial charge in [-0.15, -0.1) is 0 Å². The Hall–Kier alpha value is -3.67. The number of hydrogen-bond donors (Lipinski definition) is 2. The fraction of sp³-hybridized carbons (Fsp3) is 0.593. The first-order chi connectivity index (χ1) is 18.4. The zero-order valence-corrected chi connectivity index (χ0v) is 22.9. The van der Waals surface area contributed by atoms with Crippen LogP contribution in [0.1, 0.15) is 58.1 Å². The van der Waals surface area contributed by atoms with Crippen molar-refractivity contribution in [3.05, 3.63) is 34.2 Å². The number of aromatic nitrogens is 2. The molecule has 2 aromatic rings. The molecule has 0 aliphatic carbocycles. The number of aliphatic carboxylic acids is 1. The van der Waals surface area contributed by atoms with Gasteiger partial charge in [0.05, 0.1) is 11.0 Å². The van der Waals surface area contributed by atoms with E-state index in [1.807, 2.05) is 18.2 Å². The molecule has 2 N–H and O–H groups in total. The molecule has 4 rings (SSSR count). The molecule has 212 valence electrons. The van der Waals surface area contributed by atoms with Gasteiger partial charge in [-0.3, -0.25) is 33.8 Å². The molecular weight excluding hydrogens is 506 g/mol. The molecule has 2 aliphatic rings. The summed E-state index contributed by atoms with van der Waals surface area (Å²) in [5.74, 6) is -1.83. The number of rotatable bonds is 7. The summed E-state index contributed by atoms with van der Waals surface area (Å²) in [6.07, 6.45) is 2.35. The number of nitrogens with one attached hydrogen (secondary N) is 1. The van der Waals surface area contributed by atoms with Crippen molar-refractivity contribution in [2.45, 2.75) is 70.6 Å². The Kier molecular flexibility index (Phi) is 8.15. The number of ether oxygens (including phenoxy) is 1. The molecule has 0 saturated carbocycles. The molecule has 39 heavy (non-hydrogen) atoms. The van der Waals surface area contributed by atoms with Crippen LogP contribution in [0.4, 0.5) is 4.79 Å². The molecule has 2 fully saturated rings. The van der Waals surface area contributed by atoms with Crippen molar-refractivity contribution in [2.75, 3.05) is 26.2 Å². The number of imidazole rings is 1. The van der Waals surface area contributed by atoms with Gasteiger partial charge in [0.25, 0.3) is 0 Å². The normalized spacial score (nSPS) is 20.8. The Morgan fingerprint density at radius 3 is 2.51 bits per heavy atom. The van der Waals surface area contributed by atoms with Crippen LogP contribution in [0.2, 0.25) is 0 Å². The highest BCUT2D eigenvalue weighted by Gasteiger charge is 2.37. The zero-order valence-electron chi connectivity index (χ0n) is 22.9. The summed E-state index contributed by atoms with van der Waals surface area (Å²) in [7, 11) is 1.67. The molecule has 1 aromatic carbocycles. The molecule has 1 unspecified atom stereocenters. The number of carboxylic acid groups (broad SMARTS) is 1. The lowest BCUT2D eigenvalue weighted by Gasteiger charge is -2.39. The van der Waals surface area contributed by atoms with E-state index in [-0.39, 0.29) is 24.6 Å². The maximum absolute atomic E-state index is 13.0. The number of carbonyl (C=O) groups excluding carboxylic acids is 3. The van der Waals surface area contributed by atoms with E-state index in [9.17, 15) is 29.1 Å². The van der Waals surface area contributed by atoms with Crippen molar-refractivity contribution in [3.8, 4) is 0 Å². The number of unbranched alkanes of at least 4 members (excludes halogenated alkanes) is 1. The predicted molar refractivity (Wildman–Crippen MR) is 142 cm³/mol. The Morgan fingerprint density at radius 1 is 1.10 bits per heavy atom. The number of aryl methyl sites for hydroxylation is 2. The van der Waals surface area contributed by atoms with E-state index < -0.39 is 35.7 Å². The fourth-order valence-electron chi connectivity index (χ4n) is 5.25. The highest BCUT2D eigenvalue weighted by atomic mass is 16.6. The van der Waals surface area contributed by atoms with Crippen LogP contribution in [-0.4, -0.2) is 85.7 Å². The van der Waals surface area contributed by atoms with Gasteiger partial charge >= 0.3 is 17.8 Å². The van der Waals surface area contributed by atoms with E-state index in [0.717, 1.165) is 30.3 Å². The van der Waals surface area contributed by atoms with Crippen LogP contribution in [-0.2, 0) is 32.6 Å². The molecule has 2 aliphatic heterocycles. The molecule has 0 spiro atoms. The third-order valence-electron chi connectivity index (χ3n) is 7.24. The molecular formula is C27H37N5O7. The van der Waals surface area contributed by atoms with E-state index in [1.165, 1.54) is 14.0 Å². The standard InChI is InChI=1S/C27H37N5O7/c1-27(2,3)39-26(38)31-14-13-30(16-21(31)24(35)36)12-6-5-7-17-8-9-18-20(15-17)29(4)25(37)32(18)19-10-11-22(33)28-23(19)34/h8-9,15,19,21H,5-7,10-14,16H2,1-4H3,(H,35,36)(H,28,33,34)/t19?,21-/m0/s1. The van der Waals surface area contributed by atoms with Gasteiger partial charge in [0.1, 0.15) is 17.7 Å². The second-order valence-corrected chi connectivity index (χ2v) is 11.3. The van der Waals surface area contributed by atoms with Crippen LogP contribution < -0.4 is 11.0 Å². The maximum Gasteiger partial charge on any atom is 0.411 e. The minimum atomic E-state index is -1.05. The van der Waals surface area contributed by atoms with Crippen molar-refractivity contribution >= 4 is 34.9 Å². The summed E-state index contributed by atoms with van der Waals surface area (Å²) in [6, 6.07) is 4.09. The van der Waals surface area contributed by atoms with Crippen LogP contribution in [0, 0.1) is 0 Å². The van der Waals surface area contributed by atoms with Gasteiger partial charge in [-0.2, -0.15) is 0 Å². The molecule has 3 heterocycles. The van der Waals surface area contributed by atoms with Gasteiger partial charge < -0.3 is 9.84 Å². The third-order valence-corrected chi connectivity index (χ3v) is 7.24. The lowest BCUT2D eigenvalue weighted by atomic mass is 10.0. The summed E-state index contributed by atoms with van der Waals surface area (Å²) in [6.45, 7) is 7.08. The highest BCUT2D eigenvalue weighted by molar-refractivity contribution is 6.00. The van der Waals surface area contributed by atoms with Crippen LogP contribution in [0.3, 0.4) is 0 Å². The summed E-state index contributed by atoms with van der Waals surface area (Å²) in [5.41, 5.74) is 1.44. The van der Waals surface area contributed by atoms with E-state index in [4.69, 9.17) is 4.74 Å². The molecule has 0 radical (unpaired) electrons. The number of amides is 3. The summed E-state index contributed by atoms with van der Waals surface area (Å²) in [4.78, 5) is 64.6. The number of benzene rings is 1. The molecule has 2 atom stereocenters. The van der Waals surface area contributed by atoms with E-state index in [0.29, 0.717) is 31.6 Å². The van der Waals surface area contributed by atoms with Crippen LogP contribution in [0.25, 0.3) is 11.0 Å². The number of piperazine rings is 1. The first kappa shape index (κ1) is 28.3. The lowest BCUT2D eigenvalue weighted by molar-refractivity contribution is -0.145. The van der Waals surface area contributed by atoms with Crippen molar-refractivity contribution in [2.24, 2.45) is 7.05 Å². The molecule has 12 heteroatoms. The molecule has 2 saturated heterocycles. The fourth-order valence-corrected chi connectivity index (χ4v) is 5.25. The van der Waals surface area contributed by atoms with Crippen molar-refractivity contribution in [1.82, 2.24) is 24.3 Å². The Bertz CT molecular complexity index is 1340. The number of carboxylic acids is 1. The number of hydrogen-bond acceptors (Lipinski definition) is 7. The number of imide groups is 1. The SMILES string of the molecule is Cn1c(=O)n(C2CCC(=O)NC2=O)c2ccc(CCCCN3CCN(C(=O)OC(C)(C)C)[C@H](C(=O)O)C3)cc21. The lowest BCUT2D eigenvalue weighted by Crippen LogP contribution is -2.59. The van der Waals surface area contributed by atoms with Gasteiger partial charge in [0, 0.05) is 33.1 Å². The number of nitrogens with zero attached hydrogens (tertiary/aromatic N) is 4. The maximum atomic E-state index is 13.0. The second-order valence-electron chi connectivity index (χ2n) is 11.3. The Balaban J connectivity index is 1.34. The first-order valence-electron chi connectivity index (χ1n) is 13.3. The average molecular weight is 544 g/mol. The smallest absolute Gasteiger partial charge is 0.411 e. The number of carbonyl (C=O) groups is 4. The van der Waals surface area contributed by atoms with Crippen LogP contribution in [0.15, 0.2) is 23.0 Å². The first-order valence-corrected chi connectivity index (χ1v) is 13.3. The van der Waals surface area contributed by atoms with Gasteiger partial charge in [0.15, 0.2) is 0 Å². The van der Waals surface area contributed by atoms with Gasteiger partial charge in [-0.25, -0.2) is 14.4 Å². The van der Waals surface area contributed by atoms with E-state index >= 15 is 0 Å². The van der Waals surface area contributed by atoms with E-state index in [1.54, 1.807) is 27.8 Å². The number of fused-ring (bicyclic) bond motifs is 1. The Morgan fingerprint density at radius 2 is 1.85 bits per heavy atom. The summed E-state index contributed by atoms with van der Waals surface area (Å²) >= 11 is 0. The minimum Gasteiger partial charge on any atom is -0.480 e. The van der Waals surface area contributed by atoms with Crippen LogP contribution >= 0.6 is 0 Å². The number of piperidine rings is 1. The van der Waals surface area contributed by atoms with Crippen molar-refractivity contribution < 1.29 is 29.0 Å². The molecule has 12 nitrogen and oxygen atoms in total. The Labute approximate surface area is 226 Å². The minimum absolute atomic E-state index is 0.195. The van der Waals surface area contributed by atoms with Crippen molar-refractivity contribution in [3.63, 3.8) is 0 Å². The van der Waals surface area contributed by atoms with Gasteiger partial charge in [-0.1, -0.05) is 6.07 Å². The predicted octanol–water partition coefficient (Wildman–Crippen LogP) is 1.65. The van der Waals surface area contributed by atoms with Gasteiger partial charge in [-0.05, 0) is 70.7 Å². The second kappa shape index (κ2) is 11.2. The van der Waals surface area contributed by atoms with Gasteiger partial charge in [0.2, 0.25) is 11.8 Å². The third kappa shape index (κ3) is 6.32. The summed E-state index contributed by atoms with van der Waals surface area (Å²) < 4.78 is 8.38. The topological polar surface area (TPSA) is 143 Å². The van der Waals surface area contributed by atoms with Crippen LogP contribution in [0.5, 0.6) is 0 Å². The summed E-state index contributed by atoms with van der Waals surface area (Å²) in [5, 5.41) is 12.0. The molecule has 0 bridgehead atoms. The van der Waals surface area contributed by atoms with Crippen molar-refractivity contribution in [1.29, 1.82) is 0 Å².